The van der Waals surface area contributed by atoms with E-state index in [9.17, 15) is 0 Å². The molecule has 2 nitrogen and oxygen atoms in total. The fourth-order valence-corrected chi connectivity index (χ4v) is 3.26. The molecule has 4 heteroatoms. The van der Waals surface area contributed by atoms with Gasteiger partial charge < -0.3 is 10.1 Å². The molecule has 1 aromatic heterocycles. The Balaban J connectivity index is 1.76. The summed E-state index contributed by atoms with van der Waals surface area (Å²) in [5.74, 6) is 1.01. The highest BCUT2D eigenvalue weighted by Crippen LogP contribution is 2.34. The number of thiophene rings is 1. The molecule has 3 rings (SSSR count). The fraction of sp³-hybridized carbons (Fsp3) is 0.286. The van der Waals surface area contributed by atoms with Crippen molar-refractivity contribution in [2.24, 2.45) is 0 Å². The Kier molecular flexibility index (Phi) is 3.68. The van der Waals surface area contributed by atoms with Gasteiger partial charge in [-0.25, -0.2) is 0 Å². The van der Waals surface area contributed by atoms with Crippen molar-refractivity contribution in [1.82, 2.24) is 5.32 Å². The van der Waals surface area contributed by atoms with Crippen molar-refractivity contribution in [3.63, 3.8) is 0 Å². The average Bonchev–Trinajstić information content (AvgIpc) is 2.89. The van der Waals surface area contributed by atoms with E-state index in [1.807, 2.05) is 12.1 Å². The van der Waals surface area contributed by atoms with Gasteiger partial charge in [0.15, 0.2) is 0 Å². The van der Waals surface area contributed by atoms with E-state index in [2.05, 4.69) is 44.1 Å². The van der Waals surface area contributed by atoms with E-state index >= 15 is 0 Å². The van der Waals surface area contributed by atoms with Gasteiger partial charge in [-0.15, -0.1) is 0 Å². The molecule has 2 heterocycles. The summed E-state index contributed by atoms with van der Waals surface area (Å²) >= 11 is 5.27. The second-order valence-corrected chi connectivity index (χ2v) is 6.08. The van der Waals surface area contributed by atoms with Crippen LogP contribution >= 0.6 is 27.3 Å². The summed E-state index contributed by atoms with van der Waals surface area (Å²) in [6.07, 6.45) is 1.02. The average molecular weight is 324 g/mol. The molecule has 1 N–H and O–H groups in total. The van der Waals surface area contributed by atoms with E-state index in [4.69, 9.17) is 4.74 Å². The van der Waals surface area contributed by atoms with Crippen LogP contribution in [0.4, 0.5) is 0 Å². The van der Waals surface area contributed by atoms with E-state index < -0.39 is 0 Å². The number of ether oxygens (including phenoxy) is 1. The maximum Gasteiger partial charge on any atom is 0.124 e. The lowest BCUT2D eigenvalue weighted by Gasteiger charge is -2.27. The highest BCUT2D eigenvalue weighted by Gasteiger charge is 2.21. The summed E-state index contributed by atoms with van der Waals surface area (Å²) in [5.41, 5.74) is 2.61. The predicted molar refractivity (Wildman–Crippen MR) is 78.2 cm³/mol. The zero-order valence-electron chi connectivity index (χ0n) is 9.86. The standard InChI is InChI=1S/C14H14BrNOS/c15-11-1-2-14-12(7-11)13(3-5-17-14)16-8-10-4-6-18-9-10/h1-2,4,6-7,9,13,16H,3,5,8H2. The molecule has 2 aromatic rings. The molecule has 1 aliphatic rings. The van der Waals surface area contributed by atoms with E-state index in [-0.39, 0.29) is 0 Å². The van der Waals surface area contributed by atoms with E-state index in [1.54, 1.807) is 11.3 Å². The number of hydrogen-bond donors (Lipinski definition) is 1. The van der Waals surface area contributed by atoms with Gasteiger partial charge >= 0.3 is 0 Å². The minimum atomic E-state index is 0.381. The molecule has 94 valence electrons. The second-order valence-electron chi connectivity index (χ2n) is 4.38. The molecule has 0 bridgehead atoms. The third kappa shape index (κ3) is 2.60. The summed E-state index contributed by atoms with van der Waals surface area (Å²) < 4.78 is 6.79. The molecule has 0 amide bonds. The molecule has 1 atom stereocenters. The molecule has 1 aliphatic heterocycles. The van der Waals surface area contributed by atoms with Crippen LogP contribution < -0.4 is 10.1 Å². The smallest absolute Gasteiger partial charge is 0.124 e. The number of nitrogens with one attached hydrogen (secondary N) is 1. The van der Waals surface area contributed by atoms with E-state index in [0.29, 0.717) is 6.04 Å². The molecule has 0 spiro atoms. The largest absolute Gasteiger partial charge is 0.493 e. The quantitative estimate of drug-likeness (QED) is 0.917. The Morgan fingerprint density at radius 2 is 2.33 bits per heavy atom. The third-order valence-electron chi connectivity index (χ3n) is 3.14. The fourth-order valence-electron chi connectivity index (χ4n) is 2.21. The van der Waals surface area contributed by atoms with Gasteiger partial charge in [-0.3, -0.25) is 0 Å². The second kappa shape index (κ2) is 5.43. The Labute approximate surface area is 119 Å². The maximum absolute atomic E-state index is 5.69. The zero-order chi connectivity index (χ0) is 12.4. The first-order chi connectivity index (χ1) is 8.83. The molecule has 18 heavy (non-hydrogen) atoms. The van der Waals surface area contributed by atoms with Crippen molar-refractivity contribution in [2.45, 2.75) is 19.0 Å². The van der Waals surface area contributed by atoms with Crippen molar-refractivity contribution >= 4 is 27.3 Å². The van der Waals surface area contributed by atoms with Crippen LogP contribution in [-0.4, -0.2) is 6.61 Å². The van der Waals surface area contributed by atoms with Gasteiger partial charge in [-0.1, -0.05) is 15.9 Å². The predicted octanol–water partition coefficient (Wildman–Crippen LogP) is 4.12. The highest BCUT2D eigenvalue weighted by molar-refractivity contribution is 9.10. The number of halogens is 1. The van der Waals surface area contributed by atoms with Crippen LogP contribution in [0.1, 0.15) is 23.6 Å². The molecular weight excluding hydrogens is 310 g/mol. The summed E-state index contributed by atoms with van der Waals surface area (Å²) in [4.78, 5) is 0. The molecule has 0 saturated carbocycles. The van der Waals surface area contributed by atoms with E-state index in [0.717, 1.165) is 29.8 Å². The van der Waals surface area contributed by atoms with Gasteiger partial charge in [0.2, 0.25) is 0 Å². The van der Waals surface area contributed by atoms with Crippen molar-refractivity contribution < 1.29 is 4.74 Å². The minimum absolute atomic E-state index is 0.381. The first-order valence-corrected chi connectivity index (χ1v) is 7.73. The normalized spacial score (nSPS) is 18.2. The molecule has 1 unspecified atom stereocenters. The van der Waals surface area contributed by atoms with Crippen LogP contribution in [0.5, 0.6) is 5.75 Å². The monoisotopic (exact) mass is 323 g/mol. The molecule has 0 fully saturated rings. The summed E-state index contributed by atoms with van der Waals surface area (Å²) in [6, 6.07) is 8.77. The lowest BCUT2D eigenvalue weighted by Crippen LogP contribution is -2.26. The van der Waals surface area contributed by atoms with Crippen molar-refractivity contribution in [1.29, 1.82) is 0 Å². The Hall–Kier alpha value is -0.840. The Bertz CT molecular complexity index is 527. The van der Waals surface area contributed by atoms with Crippen LogP contribution in [0, 0.1) is 0 Å². The first kappa shape index (κ1) is 12.2. The van der Waals surface area contributed by atoms with Crippen LogP contribution in [-0.2, 0) is 6.54 Å². The summed E-state index contributed by atoms with van der Waals surface area (Å²) in [7, 11) is 0. The third-order valence-corrected chi connectivity index (χ3v) is 4.37. The van der Waals surface area contributed by atoms with Crippen molar-refractivity contribution in [3.8, 4) is 5.75 Å². The zero-order valence-corrected chi connectivity index (χ0v) is 12.3. The Morgan fingerprint density at radius 3 is 3.17 bits per heavy atom. The van der Waals surface area contributed by atoms with Gasteiger partial charge in [0, 0.05) is 29.0 Å². The summed E-state index contributed by atoms with van der Waals surface area (Å²) in [6.45, 7) is 1.70. The van der Waals surface area contributed by atoms with Gasteiger partial charge in [0.1, 0.15) is 5.75 Å². The topological polar surface area (TPSA) is 21.3 Å². The van der Waals surface area contributed by atoms with Crippen LogP contribution in [0.3, 0.4) is 0 Å². The number of fused-ring (bicyclic) bond motifs is 1. The van der Waals surface area contributed by atoms with Gasteiger partial charge in [-0.05, 0) is 40.6 Å². The van der Waals surface area contributed by atoms with Crippen molar-refractivity contribution in [2.75, 3.05) is 6.61 Å². The Morgan fingerprint density at radius 1 is 1.39 bits per heavy atom. The van der Waals surface area contributed by atoms with Gasteiger partial charge in [-0.2, -0.15) is 11.3 Å². The SMILES string of the molecule is Brc1ccc2c(c1)C(NCc1ccsc1)CCO2. The maximum atomic E-state index is 5.69. The number of rotatable bonds is 3. The molecule has 1 aromatic carbocycles. The lowest BCUT2D eigenvalue weighted by molar-refractivity contribution is 0.252. The van der Waals surface area contributed by atoms with Gasteiger partial charge in [0.05, 0.1) is 6.61 Å². The van der Waals surface area contributed by atoms with Crippen LogP contribution in [0.2, 0.25) is 0 Å². The number of benzene rings is 1. The van der Waals surface area contributed by atoms with Crippen LogP contribution in [0.15, 0.2) is 39.5 Å². The molecule has 0 saturated heterocycles. The molecular formula is C14H14BrNOS. The molecule has 0 aliphatic carbocycles. The minimum Gasteiger partial charge on any atom is -0.493 e. The van der Waals surface area contributed by atoms with E-state index in [1.165, 1.54) is 11.1 Å². The summed E-state index contributed by atoms with van der Waals surface area (Å²) in [5, 5.41) is 7.92. The number of hydrogen-bond acceptors (Lipinski definition) is 3. The molecule has 0 radical (unpaired) electrons. The lowest BCUT2D eigenvalue weighted by atomic mass is 10.0. The first-order valence-electron chi connectivity index (χ1n) is 5.99. The van der Waals surface area contributed by atoms with Crippen LogP contribution in [0.25, 0.3) is 0 Å². The highest BCUT2D eigenvalue weighted by atomic mass is 79.9. The van der Waals surface area contributed by atoms with Crippen molar-refractivity contribution in [3.05, 3.63) is 50.6 Å². The van der Waals surface area contributed by atoms with Gasteiger partial charge in [0.25, 0.3) is 0 Å².